The van der Waals surface area contributed by atoms with Gasteiger partial charge in [0.15, 0.2) is 0 Å². The molecule has 1 aliphatic carbocycles. The van der Waals surface area contributed by atoms with E-state index < -0.39 is 11.7 Å². The molecule has 5 heteroatoms. The summed E-state index contributed by atoms with van der Waals surface area (Å²) >= 11 is 0. The molecule has 1 rings (SSSR count). The summed E-state index contributed by atoms with van der Waals surface area (Å²) < 4.78 is 5.09. The molecule has 19 heavy (non-hydrogen) atoms. The van der Waals surface area contributed by atoms with E-state index in [0.29, 0.717) is 25.0 Å². The summed E-state index contributed by atoms with van der Waals surface area (Å²) in [6.07, 6.45) is 5.77. The summed E-state index contributed by atoms with van der Waals surface area (Å²) in [4.78, 5) is 16.7. The van der Waals surface area contributed by atoms with Gasteiger partial charge in [0.05, 0.1) is 6.61 Å². The summed E-state index contributed by atoms with van der Waals surface area (Å²) in [6.45, 7) is 6.51. The van der Waals surface area contributed by atoms with E-state index >= 15 is 0 Å². The molecule has 0 saturated heterocycles. The smallest absolute Gasteiger partial charge is 0.431 e. The van der Waals surface area contributed by atoms with Gasteiger partial charge in [0, 0.05) is 0 Å². The molecular formula is C14H28N2O3. The largest absolute Gasteiger partial charge is 0.442 e. The number of hydrogen-bond donors (Lipinski definition) is 2. The van der Waals surface area contributed by atoms with Crippen molar-refractivity contribution < 1.29 is 14.4 Å². The number of amides is 1. The van der Waals surface area contributed by atoms with E-state index in [2.05, 4.69) is 5.48 Å². The minimum atomic E-state index is -0.549. The maximum Gasteiger partial charge on any atom is 0.431 e. The average molecular weight is 272 g/mol. The van der Waals surface area contributed by atoms with E-state index in [4.69, 9.17) is 15.3 Å². The second-order valence-corrected chi connectivity index (χ2v) is 6.31. The van der Waals surface area contributed by atoms with E-state index in [1.807, 2.05) is 20.8 Å². The van der Waals surface area contributed by atoms with Crippen molar-refractivity contribution in [2.45, 2.75) is 58.5 Å². The van der Waals surface area contributed by atoms with E-state index in [1.165, 1.54) is 32.1 Å². The third-order valence-electron chi connectivity index (χ3n) is 3.47. The molecule has 0 heterocycles. The van der Waals surface area contributed by atoms with Crippen LogP contribution in [0.3, 0.4) is 0 Å². The molecule has 1 unspecified atom stereocenters. The molecule has 0 radical (unpaired) electrons. The molecule has 1 aliphatic rings. The zero-order valence-corrected chi connectivity index (χ0v) is 12.4. The first kappa shape index (κ1) is 16.2. The van der Waals surface area contributed by atoms with Gasteiger partial charge in [-0.25, -0.2) is 4.79 Å². The van der Waals surface area contributed by atoms with E-state index in [0.717, 1.165) is 0 Å². The molecule has 1 fully saturated rings. The van der Waals surface area contributed by atoms with Crippen molar-refractivity contribution in [2.24, 2.45) is 17.6 Å². The monoisotopic (exact) mass is 272 g/mol. The summed E-state index contributed by atoms with van der Waals surface area (Å²) in [5, 5.41) is 0. The van der Waals surface area contributed by atoms with Crippen LogP contribution in [0.4, 0.5) is 4.79 Å². The van der Waals surface area contributed by atoms with Gasteiger partial charge in [0.1, 0.15) is 5.60 Å². The molecule has 0 spiro atoms. The number of carbonyl (C=O) groups is 1. The number of hydrogen-bond acceptors (Lipinski definition) is 4. The van der Waals surface area contributed by atoms with Gasteiger partial charge in [-0.3, -0.25) is 4.84 Å². The lowest BCUT2D eigenvalue weighted by Gasteiger charge is -2.29. The highest BCUT2D eigenvalue weighted by Crippen LogP contribution is 2.29. The average Bonchev–Trinajstić information content (AvgIpc) is 2.33. The van der Waals surface area contributed by atoms with Crippen LogP contribution >= 0.6 is 0 Å². The quantitative estimate of drug-likeness (QED) is 0.754. The molecule has 3 N–H and O–H groups in total. The highest BCUT2D eigenvalue weighted by atomic mass is 16.7. The lowest BCUT2D eigenvalue weighted by molar-refractivity contribution is -0.0249. The highest BCUT2D eigenvalue weighted by molar-refractivity contribution is 5.66. The van der Waals surface area contributed by atoms with Gasteiger partial charge >= 0.3 is 6.09 Å². The summed E-state index contributed by atoms with van der Waals surface area (Å²) in [7, 11) is 0. The van der Waals surface area contributed by atoms with Crippen molar-refractivity contribution in [3.05, 3.63) is 0 Å². The van der Waals surface area contributed by atoms with Crippen molar-refractivity contribution in [1.29, 1.82) is 0 Å². The number of nitrogens with two attached hydrogens (primary N) is 1. The predicted octanol–water partition coefficient (Wildman–Crippen LogP) is 2.60. The fourth-order valence-corrected chi connectivity index (χ4v) is 2.51. The standard InChI is InChI=1S/C14H28N2O3/c1-14(2,3)19-13(17)16-18-10-12(9-15)11-7-5-4-6-8-11/h11-12H,4-10,15H2,1-3H3,(H,16,17). The Hall–Kier alpha value is -0.810. The summed E-state index contributed by atoms with van der Waals surface area (Å²) in [5.74, 6) is 0.939. The SMILES string of the molecule is CC(C)(C)OC(=O)NOCC(CN)C1CCCCC1. The zero-order valence-electron chi connectivity index (χ0n) is 12.4. The van der Waals surface area contributed by atoms with Crippen LogP contribution in [0.5, 0.6) is 0 Å². The maximum absolute atomic E-state index is 11.4. The van der Waals surface area contributed by atoms with Gasteiger partial charge in [-0.2, -0.15) is 5.48 Å². The Kier molecular flexibility index (Phi) is 6.58. The fraction of sp³-hybridized carbons (Fsp3) is 0.929. The van der Waals surface area contributed by atoms with Crippen molar-refractivity contribution in [3.63, 3.8) is 0 Å². The van der Waals surface area contributed by atoms with E-state index in [1.54, 1.807) is 0 Å². The highest BCUT2D eigenvalue weighted by Gasteiger charge is 2.23. The minimum Gasteiger partial charge on any atom is -0.442 e. The Morgan fingerprint density at radius 2 is 1.95 bits per heavy atom. The van der Waals surface area contributed by atoms with Crippen LogP contribution in [0.2, 0.25) is 0 Å². The number of carbonyl (C=O) groups excluding carboxylic acids is 1. The van der Waals surface area contributed by atoms with Crippen LogP contribution < -0.4 is 11.2 Å². The third-order valence-corrected chi connectivity index (χ3v) is 3.47. The van der Waals surface area contributed by atoms with Gasteiger partial charge in [0.25, 0.3) is 0 Å². The second kappa shape index (κ2) is 7.70. The lowest BCUT2D eigenvalue weighted by atomic mass is 9.80. The number of hydroxylamine groups is 1. The molecule has 0 aromatic heterocycles. The normalized spacial score (nSPS) is 18.9. The number of rotatable bonds is 5. The predicted molar refractivity (Wildman–Crippen MR) is 74.4 cm³/mol. The molecular weight excluding hydrogens is 244 g/mol. The fourth-order valence-electron chi connectivity index (χ4n) is 2.51. The zero-order chi connectivity index (χ0) is 14.3. The summed E-state index contributed by atoms with van der Waals surface area (Å²) in [6, 6.07) is 0. The molecule has 0 aromatic carbocycles. The number of ether oxygens (including phenoxy) is 1. The first-order valence-electron chi connectivity index (χ1n) is 7.23. The van der Waals surface area contributed by atoms with Crippen molar-refractivity contribution in [1.82, 2.24) is 5.48 Å². The van der Waals surface area contributed by atoms with Crippen molar-refractivity contribution in [3.8, 4) is 0 Å². The number of nitrogens with one attached hydrogen (secondary N) is 1. The maximum atomic E-state index is 11.4. The molecule has 1 amide bonds. The van der Waals surface area contributed by atoms with Gasteiger partial charge in [-0.05, 0) is 39.2 Å². The second-order valence-electron chi connectivity index (χ2n) is 6.31. The van der Waals surface area contributed by atoms with E-state index in [-0.39, 0.29) is 0 Å². The molecule has 0 aliphatic heterocycles. The van der Waals surface area contributed by atoms with Crippen LogP contribution in [0, 0.1) is 11.8 Å². The molecule has 1 saturated carbocycles. The lowest BCUT2D eigenvalue weighted by Crippen LogP contribution is -2.36. The van der Waals surface area contributed by atoms with Crippen LogP contribution in [-0.2, 0) is 9.57 Å². The van der Waals surface area contributed by atoms with Gasteiger partial charge in [-0.15, -0.1) is 0 Å². The first-order valence-corrected chi connectivity index (χ1v) is 7.23. The Balaban J connectivity index is 2.23. The molecule has 112 valence electrons. The Morgan fingerprint density at radius 1 is 1.32 bits per heavy atom. The Morgan fingerprint density at radius 3 is 2.47 bits per heavy atom. The minimum absolute atomic E-state index is 0.315. The van der Waals surface area contributed by atoms with Crippen molar-refractivity contribution >= 4 is 6.09 Å². The van der Waals surface area contributed by atoms with Gasteiger partial charge in [0.2, 0.25) is 0 Å². The van der Waals surface area contributed by atoms with Crippen LogP contribution in [0.15, 0.2) is 0 Å². The first-order chi connectivity index (χ1) is 8.92. The van der Waals surface area contributed by atoms with E-state index in [9.17, 15) is 4.79 Å². The molecule has 0 bridgehead atoms. The summed E-state index contributed by atoms with van der Waals surface area (Å²) in [5.41, 5.74) is 7.61. The van der Waals surface area contributed by atoms with Crippen LogP contribution in [-0.4, -0.2) is 24.8 Å². The van der Waals surface area contributed by atoms with Gasteiger partial charge < -0.3 is 10.5 Å². The molecule has 1 atom stereocenters. The third kappa shape index (κ3) is 6.78. The topological polar surface area (TPSA) is 73.6 Å². The van der Waals surface area contributed by atoms with Crippen LogP contribution in [0.25, 0.3) is 0 Å². The van der Waals surface area contributed by atoms with Crippen molar-refractivity contribution in [2.75, 3.05) is 13.2 Å². The van der Waals surface area contributed by atoms with Crippen LogP contribution in [0.1, 0.15) is 52.9 Å². The molecule has 5 nitrogen and oxygen atoms in total. The Labute approximate surface area is 116 Å². The Bertz CT molecular complexity index is 270. The molecule has 0 aromatic rings. The van der Waals surface area contributed by atoms with Gasteiger partial charge in [-0.1, -0.05) is 32.1 Å².